The molecule has 1 aromatic heterocycles. The molecular weight excluding hydrogens is 188 g/mol. The summed E-state index contributed by atoms with van der Waals surface area (Å²) in [5.74, 6) is -0.0822. The number of nitrogens with zero attached hydrogens (tertiary/aromatic N) is 2. The molecule has 0 atom stereocenters. The highest BCUT2D eigenvalue weighted by Gasteiger charge is 2.11. The van der Waals surface area contributed by atoms with Crippen LogP contribution >= 0.6 is 0 Å². The smallest absolute Gasteiger partial charge is 0.267 e. The number of aromatic nitrogens is 2. The monoisotopic (exact) mass is 200 g/mol. The lowest BCUT2D eigenvalue weighted by atomic mass is 10.2. The van der Waals surface area contributed by atoms with E-state index in [0.717, 1.165) is 11.4 Å². The van der Waals surface area contributed by atoms with Crippen molar-refractivity contribution in [2.24, 2.45) is 0 Å². The number of hydrogen-bond donors (Lipinski definition) is 0. The molecule has 1 aromatic carbocycles. The van der Waals surface area contributed by atoms with E-state index in [1.165, 1.54) is 4.68 Å². The lowest BCUT2D eigenvalue weighted by Gasteiger charge is -2.02. The summed E-state index contributed by atoms with van der Waals surface area (Å²) in [6, 6.07) is 11.0. The Bertz CT molecular complexity index is 486. The molecule has 2 rings (SSSR count). The van der Waals surface area contributed by atoms with Gasteiger partial charge in [-0.25, -0.2) is 4.68 Å². The topological polar surface area (TPSA) is 34.9 Å². The number of carbonyl (C=O) groups is 1. The number of benzene rings is 1. The van der Waals surface area contributed by atoms with E-state index in [0.29, 0.717) is 5.56 Å². The van der Waals surface area contributed by atoms with E-state index in [4.69, 9.17) is 0 Å². The largest absolute Gasteiger partial charge is 0.278 e. The summed E-state index contributed by atoms with van der Waals surface area (Å²) in [5.41, 5.74) is 2.38. The Morgan fingerprint density at radius 2 is 1.87 bits per heavy atom. The minimum atomic E-state index is -0.0822. The average molecular weight is 200 g/mol. The SMILES string of the molecule is Cc1cc(C)n(C(=O)c2ccccc2)n1. The molecule has 0 unspecified atom stereocenters. The molecule has 0 aliphatic carbocycles. The maximum atomic E-state index is 12.0. The molecular formula is C12H12N2O. The van der Waals surface area contributed by atoms with Gasteiger partial charge in [0.05, 0.1) is 5.69 Å². The summed E-state index contributed by atoms with van der Waals surface area (Å²) in [5, 5.41) is 4.15. The summed E-state index contributed by atoms with van der Waals surface area (Å²) >= 11 is 0. The number of carbonyl (C=O) groups excluding carboxylic acids is 1. The van der Waals surface area contributed by atoms with Crippen LogP contribution in [0.25, 0.3) is 0 Å². The fourth-order valence-electron chi connectivity index (χ4n) is 1.54. The molecule has 0 aliphatic rings. The fraction of sp³-hybridized carbons (Fsp3) is 0.167. The molecule has 0 spiro atoms. The Balaban J connectivity index is 2.41. The molecule has 0 saturated heterocycles. The van der Waals surface area contributed by atoms with Crippen LogP contribution in [0.3, 0.4) is 0 Å². The van der Waals surface area contributed by atoms with Crippen molar-refractivity contribution in [3.05, 3.63) is 53.3 Å². The Morgan fingerprint density at radius 1 is 1.20 bits per heavy atom. The van der Waals surface area contributed by atoms with Gasteiger partial charge >= 0.3 is 0 Å². The van der Waals surface area contributed by atoms with Gasteiger partial charge in [-0.1, -0.05) is 18.2 Å². The van der Waals surface area contributed by atoms with Crippen molar-refractivity contribution in [1.82, 2.24) is 9.78 Å². The van der Waals surface area contributed by atoms with Crippen LogP contribution in [0.15, 0.2) is 36.4 Å². The molecule has 1 heterocycles. The highest BCUT2D eigenvalue weighted by Crippen LogP contribution is 2.06. The normalized spacial score (nSPS) is 10.3. The molecule has 0 fully saturated rings. The van der Waals surface area contributed by atoms with Crippen molar-refractivity contribution in [3.63, 3.8) is 0 Å². The summed E-state index contributed by atoms with van der Waals surface area (Å²) in [7, 11) is 0. The predicted molar refractivity (Wildman–Crippen MR) is 57.9 cm³/mol. The van der Waals surface area contributed by atoms with Crippen molar-refractivity contribution < 1.29 is 4.79 Å². The Kier molecular flexibility index (Phi) is 2.37. The average Bonchev–Trinajstić information content (AvgIpc) is 2.58. The summed E-state index contributed by atoms with van der Waals surface area (Å²) in [4.78, 5) is 12.0. The van der Waals surface area contributed by atoms with Crippen LogP contribution in [-0.4, -0.2) is 15.7 Å². The highest BCUT2D eigenvalue weighted by atomic mass is 16.2. The van der Waals surface area contributed by atoms with E-state index < -0.39 is 0 Å². The van der Waals surface area contributed by atoms with Gasteiger partial charge in [-0.05, 0) is 32.0 Å². The molecule has 0 aliphatic heterocycles. The molecule has 0 amide bonds. The quantitative estimate of drug-likeness (QED) is 0.707. The second-order valence-electron chi connectivity index (χ2n) is 3.51. The maximum absolute atomic E-state index is 12.0. The highest BCUT2D eigenvalue weighted by molar-refractivity contribution is 5.95. The van der Waals surface area contributed by atoms with Crippen molar-refractivity contribution in [2.75, 3.05) is 0 Å². The van der Waals surface area contributed by atoms with Crippen LogP contribution in [-0.2, 0) is 0 Å². The third kappa shape index (κ3) is 1.81. The molecule has 15 heavy (non-hydrogen) atoms. The lowest BCUT2D eigenvalue weighted by Crippen LogP contribution is -2.14. The van der Waals surface area contributed by atoms with Gasteiger partial charge in [-0.3, -0.25) is 4.79 Å². The number of hydrogen-bond acceptors (Lipinski definition) is 2. The predicted octanol–water partition coefficient (Wildman–Crippen LogP) is 2.19. The van der Waals surface area contributed by atoms with Crippen LogP contribution in [0.1, 0.15) is 21.7 Å². The molecule has 0 bridgehead atoms. The Hall–Kier alpha value is -1.90. The van der Waals surface area contributed by atoms with Gasteiger partial charge in [0.1, 0.15) is 0 Å². The lowest BCUT2D eigenvalue weighted by molar-refractivity contribution is 0.0942. The number of aryl methyl sites for hydroxylation is 2. The zero-order valence-corrected chi connectivity index (χ0v) is 8.77. The summed E-state index contributed by atoms with van der Waals surface area (Å²) in [6.45, 7) is 3.75. The molecule has 0 saturated carbocycles. The Labute approximate surface area is 88.4 Å². The zero-order valence-electron chi connectivity index (χ0n) is 8.77. The van der Waals surface area contributed by atoms with Crippen LogP contribution < -0.4 is 0 Å². The van der Waals surface area contributed by atoms with Crippen molar-refractivity contribution in [1.29, 1.82) is 0 Å². The van der Waals surface area contributed by atoms with Crippen LogP contribution in [0.2, 0.25) is 0 Å². The van der Waals surface area contributed by atoms with Crippen LogP contribution in [0.4, 0.5) is 0 Å². The van der Waals surface area contributed by atoms with Gasteiger partial charge < -0.3 is 0 Å². The first-order valence-corrected chi connectivity index (χ1v) is 4.81. The minimum absolute atomic E-state index is 0.0822. The molecule has 76 valence electrons. The number of rotatable bonds is 1. The zero-order chi connectivity index (χ0) is 10.8. The van der Waals surface area contributed by atoms with Crippen molar-refractivity contribution in [3.8, 4) is 0 Å². The third-order valence-corrected chi connectivity index (χ3v) is 2.22. The van der Waals surface area contributed by atoms with E-state index in [-0.39, 0.29) is 5.91 Å². The van der Waals surface area contributed by atoms with E-state index in [2.05, 4.69) is 5.10 Å². The maximum Gasteiger partial charge on any atom is 0.278 e. The van der Waals surface area contributed by atoms with Crippen LogP contribution in [0, 0.1) is 13.8 Å². The summed E-state index contributed by atoms with van der Waals surface area (Å²) < 4.78 is 1.44. The second kappa shape index (κ2) is 3.69. The van der Waals surface area contributed by atoms with Gasteiger partial charge in [0, 0.05) is 11.3 Å². The molecule has 0 radical (unpaired) electrons. The van der Waals surface area contributed by atoms with Gasteiger partial charge in [-0.15, -0.1) is 0 Å². The van der Waals surface area contributed by atoms with Gasteiger partial charge in [0.15, 0.2) is 0 Å². The second-order valence-corrected chi connectivity index (χ2v) is 3.51. The van der Waals surface area contributed by atoms with E-state index in [9.17, 15) is 4.79 Å². The molecule has 2 aromatic rings. The third-order valence-electron chi connectivity index (χ3n) is 2.22. The van der Waals surface area contributed by atoms with E-state index in [1.807, 2.05) is 38.1 Å². The van der Waals surface area contributed by atoms with Gasteiger partial charge in [0.2, 0.25) is 0 Å². The molecule has 3 heteroatoms. The Morgan fingerprint density at radius 3 is 2.40 bits per heavy atom. The van der Waals surface area contributed by atoms with Crippen LogP contribution in [0.5, 0.6) is 0 Å². The molecule has 3 nitrogen and oxygen atoms in total. The first kappa shape index (κ1) is 9.65. The minimum Gasteiger partial charge on any atom is -0.267 e. The van der Waals surface area contributed by atoms with Crippen molar-refractivity contribution in [2.45, 2.75) is 13.8 Å². The first-order chi connectivity index (χ1) is 7.18. The molecule has 0 N–H and O–H groups in total. The van der Waals surface area contributed by atoms with E-state index >= 15 is 0 Å². The standard InChI is InChI=1S/C12H12N2O/c1-9-8-10(2)14(13-9)12(15)11-6-4-3-5-7-11/h3-8H,1-2H3. The van der Waals surface area contributed by atoms with Crippen molar-refractivity contribution >= 4 is 5.91 Å². The van der Waals surface area contributed by atoms with E-state index in [1.54, 1.807) is 12.1 Å². The van der Waals surface area contributed by atoms with Gasteiger partial charge in [0.25, 0.3) is 5.91 Å². The van der Waals surface area contributed by atoms with Gasteiger partial charge in [-0.2, -0.15) is 5.10 Å². The first-order valence-electron chi connectivity index (χ1n) is 4.81. The fourth-order valence-corrected chi connectivity index (χ4v) is 1.54. The summed E-state index contributed by atoms with van der Waals surface area (Å²) in [6.07, 6.45) is 0.